The molecular formula is C6H10O2Sr. The van der Waals surface area contributed by atoms with Crippen molar-refractivity contribution in [2.24, 2.45) is 0 Å². The molecular weight excluding hydrogens is 192 g/mol. The Bertz CT molecular complexity index is 127. The number of hydrogen-bond acceptors (Lipinski definition) is 1. The van der Waals surface area contributed by atoms with Crippen LogP contribution < -0.4 is 0 Å². The molecule has 0 radical (unpaired) electrons. The third-order valence-corrected chi connectivity index (χ3v) is 0.542. The van der Waals surface area contributed by atoms with Gasteiger partial charge in [-0.1, -0.05) is 18.2 Å². The second kappa shape index (κ2) is 8.43. The molecule has 0 aliphatic rings. The van der Waals surface area contributed by atoms with Crippen LogP contribution in [0.25, 0.3) is 0 Å². The van der Waals surface area contributed by atoms with Crippen LogP contribution in [0.1, 0.15) is 6.92 Å². The Kier molecular flexibility index (Phi) is 11.4. The predicted octanol–water partition coefficient (Wildman–Crippen LogP) is 0.287. The van der Waals surface area contributed by atoms with E-state index in [9.17, 15) is 4.79 Å². The summed E-state index contributed by atoms with van der Waals surface area (Å²) in [4.78, 5) is 9.75. The molecule has 2 nitrogen and oxygen atoms in total. The van der Waals surface area contributed by atoms with Gasteiger partial charge in [0.1, 0.15) is 0 Å². The minimum absolute atomic E-state index is 0. The summed E-state index contributed by atoms with van der Waals surface area (Å²) in [5, 5.41) is 8.02. The molecule has 0 amide bonds. The fraction of sp³-hybridized carbons (Fsp3) is 0.167. The number of carboxylic acids is 1. The third-order valence-electron chi connectivity index (χ3n) is 0.542. The van der Waals surface area contributed by atoms with Gasteiger partial charge >= 0.3 is 51.5 Å². The monoisotopic (exact) mass is 202 g/mol. The van der Waals surface area contributed by atoms with Gasteiger partial charge in [-0.25, -0.2) is 4.79 Å². The van der Waals surface area contributed by atoms with E-state index >= 15 is 0 Å². The van der Waals surface area contributed by atoms with E-state index in [-0.39, 0.29) is 45.5 Å². The van der Waals surface area contributed by atoms with Crippen LogP contribution in [0, 0.1) is 0 Å². The minimum atomic E-state index is -0.914. The van der Waals surface area contributed by atoms with E-state index in [1.165, 1.54) is 6.08 Å². The van der Waals surface area contributed by atoms with Crippen LogP contribution in [0.3, 0.4) is 0 Å². The first-order valence-corrected chi connectivity index (χ1v) is 2.29. The second-order valence-electron chi connectivity index (χ2n) is 1.22. The van der Waals surface area contributed by atoms with Gasteiger partial charge in [0, 0.05) is 6.08 Å². The number of rotatable bonds is 2. The Morgan fingerprint density at radius 3 is 2.33 bits per heavy atom. The van der Waals surface area contributed by atoms with Gasteiger partial charge in [-0.3, -0.25) is 0 Å². The van der Waals surface area contributed by atoms with Crippen molar-refractivity contribution in [2.45, 2.75) is 6.92 Å². The van der Waals surface area contributed by atoms with E-state index < -0.39 is 5.97 Å². The standard InChI is InChI=1S/C6H8O2.Sr.2H/c1-2-3-4-5-6(7)8;;;/h2-5H,1H3,(H,7,8);;;. The van der Waals surface area contributed by atoms with Crippen molar-refractivity contribution in [3.8, 4) is 0 Å². The second-order valence-corrected chi connectivity index (χ2v) is 1.22. The molecule has 1 N–H and O–H groups in total. The molecule has 0 aromatic heterocycles. The van der Waals surface area contributed by atoms with Crippen molar-refractivity contribution in [2.75, 3.05) is 0 Å². The SMILES string of the molecule is CC=CC=CC(=O)O.[SrH2]. The number of carboxylic acid groups (broad SMARTS) is 1. The molecule has 0 unspecified atom stereocenters. The first-order valence-electron chi connectivity index (χ1n) is 2.29. The molecule has 0 aromatic rings. The van der Waals surface area contributed by atoms with Crippen LogP contribution in [0.5, 0.6) is 0 Å². The molecule has 3 heteroatoms. The third kappa shape index (κ3) is 11.8. The molecule has 0 fully saturated rings. The number of hydrogen-bond donors (Lipinski definition) is 1. The average molecular weight is 202 g/mol. The first kappa shape index (κ1) is 12.1. The zero-order chi connectivity index (χ0) is 6.41. The molecule has 0 saturated carbocycles. The van der Waals surface area contributed by atoms with Crippen LogP contribution in [0.15, 0.2) is 24.3 Å². The summed E-state index contributed by atoms with van der Waals surface area (Å²) >= 11 is 0. The van der Waals surface area contributed by atoms with Gasteiger partial charge in [-0.15, -0.1) is 0 Å². The van der Waals surface area contributed by atoms with Crippen LogP contribution in [-0.2, 0) is 4.79 Å². The molecule has 48 valence electrons. The summed E-state index contributed by atoms with van der Waals surface area (Å²) in [6.07, 6.45) is 5.98. The maximum atomic E-state index is 9.75. The number of carbonyl (C=O) groups is 1. The van der Waals surface area contributed by atoms with E-state index in [4.69, 9.17) is 5.11 Å². The predicted molar refractivity (Wildman–Crippen MR) is 40.1 cm³/mol. The normalized spacial score (nSPS) is 9.89. The van der Waals surface area contributed by atoms with Gasteiger partial charge < -0.3 is 5.11 Å². The van der Waals surface area contributed by atoms with Crippen molar-refractivity contribution < 1.29 is 9.90 Å². The molecule has 0 bridgehead atoms. The zero-order valence-electron chi connectivity index (χ0n) is 4.66. The van der Waals surface area contributed by atoms with E-state index in [0.29, 0.717) is 0 Å². The van der Waals surface area contributed by atoms with E-state index in [0.717, 1.165) is 6.08 Å². The summed E-state index contributed by atoms with van der Waals surface area (Å²) in [5.41, 5.74) is 0. The summed E-state index contributed by atoms with van der Waals surface area (Å²) in [6.45, 7) is 1.83. The van der Waals surface area contributed by atoms with E-state index in [1.807, 2.05) is 6.92 Å². The van der Waals surface area contributed by atoms with Gasteiger partial charge in [0.15, 0.2) is 0 Å². The van der Waals surface area contributed by atoms with Gasteiger partial charge in [0.2, 0.25) is 0 Å². The molecule has 0 aliphatic carbocycles. The molecule has 0 atom stereocenters. The molecule has 0 heterocycles. The van der Waals surface area contributed by atoms with Crippen LogP contribution in [0.2, 0.25) is 0 Å². The molecule has 9 heavy (non-hydrogen) atoms. The van der Waals surface area contributed by atoms with Crippen molar-refractivity contribution in [3.63, 3.8) is 0 Å². The Morgan fingerprint density at radius 2 is 2.00 bits per heavy atom. The van der Waals surface area contributed by atoms with Crippen molar-refractivity contribution >= 4 is 51.5 Å². The quantitative estimate of drug-likeness (QED) is 0.396. The van der Waals surface area contributed by atoms with Crippen molar-refractivity contribution in [1.82, 2.24) is 0 Å². The zero-order valence-corrected chi connectivity index (χ0v) is 4.66. The van der Waals surface area contributed by atoms with Gasteiger partial charge in [0.05, 0.1) is 0 Å². The van der Waals surface area contributed by atoms with Crippen LogP contribution in [-0.4, -0.2) is 56.6 Å². The summed E-state index contributed by atoms with van der Waals surface area (Å²) in [5.74, 6) is -0.914. The topological polar surface area (TPSA) is 37.3 Å². The van der Waals surface area contributed by atoms with Crippen LogP contribution >= 0.6 is 0 Å². The average Bonchev–Trinajstić information content (AvgIpc) is 1.66. The molecule has 0 aromatic carbocycles. The molecule has 0 spiro atoms. The van der Waals surface area contributed by atoms with Crippen LogP contribution in [0.4, 0.5) is 0 Å². The van der Waals surface area contributed by atoms with Crippen molar-refractivity contribution in [1.29, 1.82) is 0 Å². The number of aliphatic carboxylic acids is 1. The molecule has 0 rings (SSSR count). The Labute approximate surface area is 91.5 Å². The summed E-state index contributed by atoms with van der Waals surface area (Å²) in [6, 6.07) is 0. The summed E-state index contributed by atoms with van der Waals surface area (Å²) in [7, 11) is 0. The maximum absolute atomic E-state index is 9.75. The Morgan fingerprint density at radius 1 is 1.44 bits per heavy atom. The van der Waals surface area contributed by atoms with Gasteiger partial charge in [0.25, 0.3) is 0 Å². The fourth-order valence-corrected chi connectivity index (χ4v) is 0.249. The van der Waals surface area contributed by atoms with Gasteiger partial charge in [-0.2, -0.15) is 0 Å². The molecule has 0 saturated heterocycles. The van der Waals surface area contributed by atoms with Gasteiger partial charge in [-0.05, 0) is 6.92 Å². The first-order chi connectivity index (χ1) is 3.77. The number of allylic oxidation sites excluding steroid dienone is 3. The van der Waals surface area contributed by atoms with E-state index in [2.05, 4.69) is 0 Å². The summed E-state index contributed by atoms with van der Waals surface area (Å²) < 4.78 is 0. The van der Waals surface area contributed by atoms with E-state index in [1.54, 1.807) is 12.2 Å². The Balaban J connectivity index is 0. The Hall–Kier alpha value is 0.431. The fourth-order valence-electron chi connectivity index (χ4n) is 0.249. The van der Waals surface area contributed by atoms with Crippen molar-refractivity contribution in [3.05, 3.63) is 24.3 Å². The molecule has 0 aliphatic heterocycles.